The van der Waals surface area contributed by atoms with Crippen LogP contribution in [-0.2, 0) is 4.79 Å². The number of halogens is 3. The van der Waals surface area contributed by atoms with E-state index in [4.69, 9.17) is 0 Å². The van der Waals surface area contributed by atoms with Gasteiger partial charge in [-0.25, -0.2) is 13.2 Å². The fourth-order valence-electron chi connectivity index (χ4n) is 3.83. The van der Waals surface area contributed by atoms with Crippen LogP contribution in [0.4, 0.5) is 13.2 Å². The maximum atomic E-state index is 13.4. The lowest BCUT2D eigenvalue weighted by Gasteiger charge is -2.18. The van der Waals surface area contributed by atoms with E-state index in [9.17, 15) is 22.8 Å². The van der Waals surface area contributed by atoms with Gasteiger partial charge < -0.3 is 10.6 Å². The molecule has 0 saturated carbocycles. The summed E-state index contributed by atoms with van der Waals surface area (Å²) < 4.78 is 39.6. The number of hydrogen-bond donors (Lipinski definition) is 2. The molecule has 0 bridgehead atoms. The van der Waals surface area contributed by atoms with Gasteiger partial charge in [-0.3, -0.25) is 9.59 Å². The molecular formula is C29H29F3N2O2. The second-order valence-electron chi connectivity index (χ2n) is 8.39. The van der Waals surface area contributed by atoms with Gasteiger partial charge in [0.1, 0.15) is 17.5 Å². The summed E-state index contributed by atoms with van der Waals surface area (Å²) in [4.78, 5) is 24.1. The van der Waals surface area contributed by atoms with Crippen LogP contribution in [0, 0.1) is 17.5 Å². The van der Waals surface area contributed by atoms with Gasteiger partial charge in [0.15, 0.2) is 0 Å². The number of unbranched alkanes of at least 4 members (excludes halogenated alkanes) is 1. The molecule has 188 valence electrons. The zero-order valence-electron chi connectivity index (χ0n) is 19.9. The summed E-state index contributed by atoms with van der Waals surface area (Å²) in [5, 5.41) is 5.50. The first kappa shape index (κ1) is 26.7. The zero-order chi connectivity index (χ0) is 25.8. The lowest BCUT2D eigenvalue weighted by molar-refractivity contribution is -0.121. The Bertz CT molecular complexity index is 1100. The average molecular weight is 495 g/mol. The predicted molar refractivity (Wildman–Crippen MR) is 134 cm³/mol. The van der Waals surface area contributed by atoms with Gasteiger partial charge in [-0.15, -0.1) is 0 Å². The Kier molecular flexibility index (Phi) is 10.3. The van der Waals surface area contributed by atoms with Crippen molar-refractivity contribution in [2.24, 2.45) is 0 Å². The maximum Gasteiger partial charge on any atom is 0.251 e. The second kappa shape index (κ2) is 13.9. The maximum absolute atomic E-state index is 13.4. The molecule has 0 aliphatic rings. The summed E-state index contributed by atoms with van der Waals surface area (Å²) in [6.07, 6.45) is 6.06. The lowest BCUT2D eigenvalue weighted by Crippen LogP contribution is -2.25. The minimum atomic E-state index is -0.400. The normalized spacial score (nSPS) is 11.1. The molecule has 0 fully saturated rings. The molecule has 0 aliphatic heterocycles. The molecule has 2 amide bonds. The fraction of sp³-hybridized carbons (Fsp3) is 0.241. The van der Waals surface area contributed by atoms with Crippen molar-refractivity contribution in [1.29, 1.82) is 0 Å². The van der Waals surface area contributed by atoms with Gasteiger partial charge in [0.05, 0.1) is 0 Å². The van der Waals surface area contributed by atoms with Crippen LogP contribution >= 0.6 is 0 Å². The monoisotopic (exact) mass is 494 g/mol. The van der Waals surface area contributed by atoms with Gasteiger partial charge in [0, 0.05) is 31.0 Å². The molecule has 3 aromatic rings. The highest BCUT2D eigenvalue weighted by Gasteiger charge is 2.15. The number of rotatable bonds is 12. The number of carbonyl (C=O) groups excluding carboxylic acids is 2. The Morgan fingerprint density at radius 3 is 1.67 bits per heavy atom. The molecule has 2 N–H and O–H groups in total. The van der Waals surface area contributed by atoms with E-state index in [0.717, 1.165) is 24.0 Å². The van der Waals surface area contributed by atoms with Crippen molar-refractivity contribution in [3.8, 4) is 0 Å². The Hall–Kier alpha value is -3.87. The van der Waals surface area contributed by atoms with E-state index in [1.165, 1.54) is 48.5 Å². The largest absolute Gasteiger partial charge is 0.353 e. The predicted octanol–water partition coefficient (Wildman–Crippen LogP) is 5.90. The van der Waals surface area contributed by atoms with Crippen LogP contribution in [0.2, 0.25) is 0 Å². The minimum Gasteiger partial charge on any atom is -0.353 e. The standard InChI is InChI=1S/C29H29F3N2O2/c30-24-13-7-21(8-14-24)27(22-9-15-25(31)16-10-22)5-1-2-6-28(35)33-19-3-4-20-34-29(36)23-11-17-26(32)18-12-23/h3-4,7-18,27H,1-2,5-6,19-20H2,(H,33,35)(H,34,36). The lowest BCUT2D eigenvalue weighted by atomic mass is 9.87. The van der Waals surface area contributed by atoms with Crippen molar-refractivity contribution in [3.05, 3.63) is 119 Å². The van der Waals surface area contributed by atoms with Crippen LogP contribution in [0.1, 0.15) is 53.1 Å². The molecule has 0 unspecified atom stereocenters. The Morgan fingerprint density at radius 2 is 1.14 bits per heavy atom. The Morgan fingerprint density at radius 1 is 0.667 bits per heavy atom. The molecule has 36 heavy (non-hydrogen) atoms. The number of amides is 2. The third kappa shape index (κ3) is 8.73. The van der Waals surface area contributed by atoms with Crippen LogP contribution in [0.5, 0.6) is 0 Å². The average Bonchev–Trinajstić information content (AvgIpc) is 2.88. The van der Waals surface area contributed by atoms with Crippen molar-refractivity contribution in [2.75, 3.05) is 13.1 Å². The Labute approximate surface area is 209 Å². The Balaban J connectivity index is 1.36. The van der Waals surface area contributed by atoms with Crippen molar-refractivity contribution < 1.29 is 22.8 Å². The number of carbonyl (C=O) groups is 2. The van der Waals surface area contributed by atoms with Crippen LogP contribution in [0.15, 0.2) is 84.9 Å². The molecule has 3 rings (SSSR count). The van der Waals surface area contributed by atoms with Crippen molar-refractivity contribution in [2.45, 2.75) is 31.6 Å². The smallest absolute Gasteiger partial charge is 0.251 e. The van der Waals surface area contributed by atoms with Gasteiger partial charge in [-0.1, -0.05) is 42.8 Å². The highest BCUT2D eigenvalue weighted by Crippen LogP contribution is 2.30. The zero-order valence-corrected chi connectivity index (χ0v) is 19.9. The quantitative estimate of drug-likeness (QED) is 0.243. The number of hydrogen-bond acceptors (Lipinski definition) is 2. The van der Waals surface area contributed by atoms with E-state index < -0.39 is 5.82 Å². The topological polar surface area (TPSA) is 58.2 Å². The highest BCUT2D eigenvalue weighted by molar-refractivity contribution is 5.94. The molecule has 3 aromatic carbocycles. The summed E-state index contributed by atoms with van der Waals surface area (Å²) in [5.41, 5.74) is 2.27. The molecule has 0 heterocycles. The van der Waals surface area contributed by atoms with Crippen molar-refractivity contribution in [1.82, 2.24) is 10.6 Å². The first-order valence-electron chi connectivity index (χ1n) is 11.9. The fourth-order valence-corrected chi connectivity index (χ4v) is 3.83. The summed E-state index contributed by atoms with van der Waals surface area (Å²) >= 11 is 0. The molecule has 0 spiro atoms. The number of benzene rings is 3. The third-order valence-electron chi connectivity index (χ3n) is 5.76. The molecular weight excluding hydrogens is 465 g/mol. The van der Waals surface area contributed by atoms with Crippen molar-refractivity contribution >= 4 is 11.8 Å². The van der Waals surface area contributed by atoms with E-state index in [0.29, 0.717) is 31.5 Å². The highest BCUT2D eigenvalue weighted by atomic mass is 19.1. The van der Waals surface area contributed by atoms with Gasteiger partial charge >= 0.3 is 0 Å². The van der Waals surface area contributed by atoms with E-state index in [-0.39, 0.29) is 29.4 Å². The number of nitrogens with one attached hydrogen (secondary N) is 2. The van der Waals surface area contributed by atoms with Crippen LogP contribution in [0.25, 0.3) is 0 Å². The van der Waals surface area contributed by atoms with E-state index in [1.54, 1.807) is 36.4 Å². The molecule has 0 aromatic heterocycles. The second-order valence-corrected chi connectivity index (χ2v) is 8.39. The van der Waals surface area contributed by atoms with E-state index >= 15 is 0 Å². The van der Waals surface area contributed by atoms with Gasteiger partial charge in [0.2, 0.25) is 5.91 Å². The van der Waals surface area contributed by atoms with Gasteiger partial charge in [-0.05, 0) is 72.5 Å². The van der Waals surface area contributed by atoms with E-state index in [1.807, 2.05) is 0 Å². The first-order valence-corrected chi connectivity index (χ1v) is 11.9. The molecule has 0 saturated heterocycles. The molecule has 0 atom stereocenters. The molecule has 0 radical (unpaired) electrons. The van der Waals surface area contributed by atoms with Crippen LogP contribution in [0.3, 0.4) is 0 Å². The first-order chi connectivity index (χ1) is 17.4. The van der Waals surface area contributed by atoms with Gasteiger partial charge in [0.25, 0.3) is 5.91 Å². The van der Waals surface area contributed by atoms with Crippen LogP contribution in [-0.4, -0.2) is 24.9 Å². The molecule has 7 heteroatoms. The summed E-state index contributed by atoms with van der Waals surface area (Å²) in [5.74, 6) is -1.40. The molecule has 0 aliphatic carbocycles. The summed E-state index contributed by atoms with van der Waals surface area (Å²) in [6, 6.07) is 17.9. The summed E-state index contributed by atoms with van der Waals surface area (Å²) in [7, 11) is 0. The minimum absolute atomic E-state index is 0.0117. The van der Waals surface area contributed by atoms with Crippen molar-refractivity contribution in [3.63, 3.8) is 0 Å². The summed E-state index contributed by atoms with van der Waals surface area (Å²) in [6.45, 7) is 0.638. The molecule has 4 nitrogen and oxygen atoms in total. The third-order valence-corrected chi connectivity index (χ3v) is 5.76. The SMILES string of the molecule is O=C(CCCCC(c1ccc(F)cc1)c1ccc(F)cc1)NCC=CCNC(=O)c1ccc(F)cc1. The van der Waals surface area contributed by atoms with E-state index in [2.05, 4.69) is 10.6 Å². The van der Waals surface area contributed by atoms with Crippen LogP contribution < -0.4 is 10.6 Å². The van der Waals surface area contributed by atoms with Gasteiger partial charge in [-0.2, -0.15) is 0 Å².